The first-order valence-corrected chi connectivity index (χ1v) is 8.45. The van der Waals surface area contributed by atoms with Gasteiger partial charge in [0.1, 0.15) is 5.75 Å². The first kappa shape index (κ1) is 15.1. The molecule has 0 unspecified atom stereocenters. The van der Waals surface area contributed by atoms with Crippen LogP contribution in [-0.4, -0.2) is 6.61 Å². The van der Waals surface area contributed by atoms with Crippen molar-refractivity contribution in [3.05, 3.63) is 65.7 Å². The summed E-state index contributed by atoms with van der Waals surface area (Å²) in [6, 6.07) is 19.3. The van der Waals surface area contributed by atoms with E-state index in [0.29, 0.717) is 0 Å². The van der Waals surface area contributed by atoms with Gasteiger partial charge in [0.2, 0.25) is 0 Å². The SMILES string of the molecule is CC(C)(c1ccccc1)c1ccc(OCC2CCCC2)cc1. The predicted molar refractivity (Wildman–Crippen MR) is 92.5 cm³/mol. The molecule has 1 aliphatic carbocycles. The highest BCUT2D eigenvalue weighted by Crippen LogP contribution is 2.32. The second kappa shape index (κ2) is 6.56. The Morgan fingerprint density at radius 1 is 0.864 bits per heavy atom. The van der Waals surface area contributed by atoms with Gasteiger partial charge in [-0.1, -0.05) is 69.2 Å². The van der Waals surface area contributed by atoms with E-state index in [1.807, 2.05) is 0 Å². The third-order valence-electron chi connectivity index (χ3n) is 5.03. The van der Waals surface area contributed by atoms with Gasteiger partial charge < -0.3 is 4.74 Å². The van der Waals surface area contributed by atoms with E-state index in [4.69, 9.17) is 4.74 Å². The molecule has 0 heterocycles. The molecule has 0 N–H and O–H groups in total. The van der Waals surface area contributed by atoms with E-state index in [9.17, 15) is 0 Å². The summed E-state index contributed by atoms with van der Waals surface area (Å²) in [5.74, 6) is 1.76. The van der Waals surface area contributed by atoms with Crippen LogP contribution in [0, 0.1) is 5.92 Å². The zero-order chi connectivity index (χ0) is 15.4. The monoisotopic (exact) mass is 294 g/mol. The summed E-state index contributed by atoms with van der Waals surface area (Å²) in [4.78, 5) is 0. The molecule has 2 aromatic carbocycles. The number of benzene rings is 2. The molecule has 0 radical (unpaired) electrons. The molecule has 1 saturated carbocycles. The molecule has 0 bridgehead atoms. The van der Waals surface area contributed by atoms with Gasteiger partial charge in [0, 0.05) is 5.41 Å². The summed E-state index contributed by atoms with van der Waals surface area (Å²) in [6.07, 6.45) is 5.41. The van der Waals surface area contributed by atoms with Crippen LogP contribution in [0.15, 0.2) is 54.6 Å². The van der Waals surface area contributed by atoms with Gasteiger partial charge >= 0.3 is 0 Å². The third-order valence-corrected chi connectivity index (χ3v) is 5.03. The average molecular weight is 294 g/mol. The van der Waals surface area contributed by atoms with Crippen molar-refractivity contribution in [3.63, 3.8) is 0 Å². The fourth-order valence-electron chi connectivity index (χ4n) is 3.38. The molecule has 0 amide bonds. The number of rotatable bonds is 5. The molecule has 116 valence electrons. The summed E-state index contributed by atoms with van der Waals surface area (Å²) in [6.45, 7) is 5.43. The van der Waals surface area contributed by atoms with E-state index in [-0.39, 0.29) is 5.41 Å². The van der Waals surface area contributed by atoms with Gasteiger partial charge in [-0.25, -0.2) is 0 Å². The Bertz CT molecular complexity index is 577. The summed E-state index contributed by atoms with van der Waals surface area (Å²) >= 11 is 0. The van der Waals surface area contributed by atoms with Gasteiger partial charge in [-0.15, -0.1) is 0 Å². The standard InChI is InChI=1S/C21H26O/c1-21(2,18-10-4-3-5-11-18)19-12-14-20(15-13-19)22-16-17-8-6-7-9-17/h3-5,10-15,17H,6-9,16H2,1-2H3. The maximum atomic E-state index is 5.96. The molecular formula is C21H26O. The molecule has 1 heteroatoms. The van der Waals surface area contributed by atoms with Crippen molar-refractivity contribution in [1.29, 1.82) is 0 Å². The van der Waals surface area contributed by atoms with E-state index in [1.165, 1.54) is 36.8 Å². The topological polar surface area (TPSA) is 9.23 Å². The molecule has 22 heavy (non-hydrogen) atoms. The highest BCUT2D eigenvalue weighted by Gasteiger charge is 2.22. The lowest BCUT2D eigenvalue weighted by Gasteiger charge is -2.26. The van der Waals surface area contributed by atoms with Gasteiger partial charge in [-0.3, -0.25) is 0 Å². The van der Waals surface area contributed by atoms with Crippen LogP contribution in [0.2, 0.25) is 0 Å². The second-order valence-corrected chi connectivity index (χ2v) is 6.98. The van der Waals surface area contributed by atoms with Gasteiger partial charge in [0.25, 0.3) is 0 Å². The van der Waals surface area contributed by atoms with E-state index >= 15 is 0 Å². The molecule has 1 fully saturated rings. The molecular weight excluding hydrogens is 268 g/mol. The molecule has 0 atom stereocenters. The molecule has 2 aromatic rings. The fourth-order valence-corrected chi connectivity index (χ4v) is 3.38. The Kier molecular flexibility index (Phi) is 4.52. The van der Waals surface area contributed by atoms with Gasteiger partial charge in [0.15, 0.2) is 0 Å². The van der Waals surface area contributed by atoms with E-state index in [1.54, 1.807) is 0 Å². The highest BCUT2D eigenvalue weighted by atomic mass is 16.5. The molecule has 0 saturated heterocycles. The van der Waals surface area contributed by atoms with Crippen molar-refractivity contribution < 1.29 is 4.74 Å². The maximum absolute atomic E-state index is 5.96. The van der Waals surface area contributed by atoms with Crippen LogP contribution in [0.3, 0.4) is 0 Å². The van der Waals surface area contributed by atoms with E-state index in [2.05, 4.69) is 68.4 Å². The molecule has 0 aliphatic heterocycles. The van der Waals surface area contributed by atoms with Crippen LogP contribution in [0.4, 0.5) is 0 Å². The maximum Gasteiger partial charge on any atom is 0.119 e. The van der Waals surface area contributed by atoms with Crippen molar-refractivity contribution >= 4 is 0 Å². The first-order valence-electron chi connectivity index (χ1n) is 8.45. The lowest BCUT2D eigenvalue weighted by atomic mass is 9.78. The van der Waals surface area contributed by atoms with E-state index < -0.39 is 0 Å². The summed E-state index contributed by atoms with van der Waals surface area (Å²) in [7, 11) is 0. The Balaban J connectivity index is 1.68. The minimum Gasteiger partial charge on any atom is -0.493 e. The Labute approximate surface area is 134 Å². The smallest absolute Gasteiger partial charge is 0.119 e. The second-order valence-electron chi connectivity index (χ2n) is 6.98. The minimum atomic E-state index is 0.0191. The molecule has 1 nitrogen and oxygen atoms in total. The normalized spacial score (nSPS) is 15.9. The largest absolute Gasteiger partial charge is 0.493 e. The Morgan fingerprint density at radius 3 is 2.09 bits per heavy atom. The van der Waals surface area contributed by atoms with Crippen LogP contribution in [0.25, 0.3) is 0 Å². The Hall–Kier alpha value is -1.76. The van der Waals surface area contributed by atoms with Crippen molar-refractivity contribution in [3.8, 4) is 5.75 Å². The number of hydrogen-bond donors (Lipinski definition) is 0. The summed E-state index contributed by atoms with van der Waals surface area (Å²) in [5, 5.41) is 0. The summed E-state index contributed by atoms with van der Waals surface area (Å²) in [5.41, 5.74) is 2.69. The third kappa shape index (κ3) is 3.35. The van der Waals surface area contributed by atoms with Crippen molar-refractivity contribution in [2.24, 2.45) is 5.92 Å². The molecule has 0 spiro atoms. The highest BCUT2D eigenvalue weighted by molar-refractivity contribution is 5.39. The lowest BCUT2D eigenvalue weighted by Crippen LogP contribution is -2.18. The van der Waals surface area contributed by atoms with Gasteiger partial charge in [0.05, 0.1) is 6.61 Å². The number of ether oxygens (including phenoxy) is 1. The molecule has 1 aliphatic rings. The van der Waals surface area contributed by atoms with Gasteiger partial charge in [-0.2, -0.15) is 0 Å². The molecule has 3 rings (SSSR count). The predicted octanol–water partition coefficient (Wildman–Crippen LogP) is 5.58. The quantitative estimate of drug-likeness (QED) is 0.699. The van der Waals surface area contributed by atoms with E-state index in [0.717, 1.165) is 18.3 Å². The fraction of sp³-hybridized carbons (Fsp3) is 0.429. The minimum absolute atomic E-state index is 0.0191. The zero-order valence-corrected chi connectivity index (χ0v) is 13.7. The van der Waals surface area contributed by atoms with Crippen molar-refractivity contribution in [2.45, 2.75) is 44.9 Å². The first-order chi connectivity index (χ1) is 10.7. The average Bonchev–Trinajstić information content (AvgIpc) is 3.08. The van der Waals surface area contributed by atoms with Crippen molar-refractivity contribution in [1.82, 2.24) is 0 Å². The Morgan fingerprint density at radius 2 is 1.45 bits per heavy atom. The van der Waals surface area contributed by atoms with Crippen LogP contribution >= 0.6 is 0 Å². The lowest BCUT2D eigenvalue weighted by molar-refractivity contribution is 0.252. The molecule has 0 aromatic heterocycles. The van der Waals surface area contributed by atoms with Gasteiger partial charge in [-0.05, 0) is 42.0 Å². The zero-order valence-electron chi connectivity index (χ0n) is 13.7. The van der Waals surface area contributed by atoms with Crippen molar-refractivity contribution in [2.75, 3.05) is 6.61 Å². The van der Waals surface area contributed by atoms with Crippen LogP contribution in [0.1, 0.15) is 50.7 Å². The number of hydrogen-bond acceptors (Lipinski definition) is 1. The summed E-state index contributed by atoms with van der Waals surface area (Å²) < 4.78 is 5.96. The van der Waals surface area contributed by atoms with Crippen LogP contribution in [0.5, 0.6) is 5.75 Å². The van der Waals surface area contributed by atoms with Crippen LogP contribution < -0.4 is 4.74 Å². The van der Waals surface area contributed by atoms with Crippen LogP contribution in [-0.2, 0) is 5.41 Å².